The molecule has 35 heavy (non-hydrogen) atoms. The average molecular weight is 468 g/mol. The Hall–Kier alpha value is -4.33. The second-order valence-electron chi connectivity index (χ2n) is 8.81. The van der Waals surface area contributed by atoms with Crippen molar-refractivity contribution in [3.8, 4) is 11.3 Å². The van der Waals surface area contributed by atoms with Gasteiger partial charge in [-0.3, -0.25) is 4.79 Å². The number of ether oxygens (including phenoxy) is 1. The summed E-state index contributed by atoms with van der Waals surface area (Å²) >= 11 is 0. The molecule has 0 fully saturated rings. The Bertz CT molecular complexity index is 1630. The van der Waals surface area contributed by atoms with Gasteiger partial charge in [-0.05, 0) is 51.5 Å². The molecule has 1 atom stereocenters. The van der Waals surface area contributed by atoms with Crippen LogP contribution in [0.1, 0.15) is 54.7 Å². The van der Waals surface area contributed by atoms with Crippen molar-refractivity contribution in [2.75, 3.05) is 0 Å². The van der Waals surface area contributed by atoms with E-state index in [1.807, 2.05) is 51.1 Å². The number of aromatic amines is 1. The minimum absolute atomic E-state index is 0.0572. The van der Waals surface area contributed by atoms with E-state index in [2.05, 4.69) is 15.1 Å². The third-order valence-corrected chi connectivity index (χ3v) is 6.00. The Labute approximate surface area is 201 Å². The lowest BCUT2D eigenvalue weighted by Gasteiger charge is -2.15. The van der Waals surface area contributed by atoms with Crippen LogP contribution in [0.5, 0.6) is 0 Å². The highest BCUT2D eigenvalue weighted by atomic mass is 16.5. The van der Waals surface area contributed by atoms with Crippen LogP contribution in [-0.4, -0.2) is 30.7 Å². The topological polar surface area (TPSA) is 103 Å². The number of aromatic nitrogens is 5. The first-order valence-corrected chi connectivity index (χ1v) is 11.5. The fourth-order valence-corrected chi connectivity index (χ4v) is 4.14. The maximum absolute atomic E-state index is 13.4. The van der Waals surface area contributed by atoms with E-state index in [0.717, 1.165) is 11.1 Å². The summed E-state index contributed by atoms with van der Waals surface area (Å²) in [6, 6.07) is 16.7. The van der Waals surface area contributed by atoms with Crippen molar-refractivity contribution >= 4 is 27.9 Å². The predicted molar refractivity (Wildman–Crippen MR) is 134 cm³/mol. The number of fused-ring (bicyclic) bond motifs is 2. The number of para-hydroxylation sites is 1. The highest BCUT2D eigenvalue weighted by molar-refractivity contribution is 6.04. The van der Waals surface area contributed by atoms with Gasteiger partial charge in [-0.1, -0.05) is 36.4 Å². The molecule has 5 aromatic rings. The number of rotatable bonds is 5. The summed E-state index contributed by atoms with van der Waals surface area (Å²) in [5.41, 5.74) is 3.86. The lowest BCUT2D eigenvalue weighted by molar-refractivity contribution is 0.0322. The lowest BCUT2D eigenvalue weighted by atomic mass is 10.0. The van der Waals surface area contributed by atoms with Crippen LogP contribution in [0.2, 0.25) is 0 Å². The molecule has 176 valence electrons. The van der Waals surface area contributed by atoms with Crippen molar-refractivity contribution in [1.82, 2.24) is 24.7 Å². The summed E-state index contributed by atoms with van der Waals surface area (Å²) in [6.45, 7) is 7.71. The lowest BCUT2D eigenvalue weighted by Crippen LogP contribution is -2.17. The third kappa shape index (κ3) is 4.07. The SMILES string of the molecule is Cc1ccccc1-c1cc(C(=O)OC(C)c2nc3ccccc3c(=O)[nH]2)c2cnn(C(C)C)c2n1. The molecule has 0 saturated heterocycles. The van der Waals surface area contributed by atoms with Crippen molar-refractivity contribution in [1.29, 1.82) is 0 Å². The molecular weight excluding hydrogens is 442 g/mol. The molecule has 0 bridgehead atoms. The van der Waals surface area contributed by atoms with Crippen LogP contribution in [0.15, 0.2) is 65.6 Å². The Morgan fingerprint density at radius 3 is 2.51 bits per heavy atom. The van der Waals surface area contributed by atoms with Crippen molar-refractivity contribution in [3.05, 3.63) is 88.1 Å². The van der Waals surface area contributed by atoms with Crippen LogP contribution >= 0.6 is 0 Å². The summed E-state index contributed by atoms with van der Waals surface area (Å²) in [6.07, 6.45) is 0.867. The number of carbonyl (C=O) groups is 1. The first-order valence-electron chi connectivity index (χ1n) is 11.5. The molecule has 0 spiro atoms. The van der Waals surface area contributed by atoms with Gasteiger partial charge in [0.15, 0.2) is 17.6 Å². The molecule has 0 aliphatic carbocycles. The smallest absolute Gasteiger partial charge is 0.339 e. The molecule has 1 unspecified atom stereocenters. The summed E-state index contributed by atoms with van der Waals surface area (Å²) in [4.78, 5) is 38.0. The molecule has 3 aromatic heterocycles. The molecule has 0 radical (unpaired) electrons. The van der Waals surface area contributed by atoms with E-state index in [-0.39, 0.29) is 17.4 Å². The largest absolute Gasteiger partial charge is 0.451 e. The van der Waals surface area contributed by atoms with Gasteiger partial charge in [0.25, 0.3) is 5.56 Å². The summed E-state index contributed by atoms with van der Waals surface area (Å²) in [5, 5.41) is 5.55. The Balaban J connectivity index is 1.57. The fraction of sp³-hybridized carbons (Fsp3) is 0.222. The van der Waals surface area contributed by atoms with Gasteiger partial charge in [-0.25, -0.2) is 19.4 Å². The molecule has 5 rings (SSSR count). The van der Waals surface area contributed by atoms with Crippen molar-refractivity contribution in [3.63, 3.8) is 0 Å². The van der Waals surface area contributed by atoms with Gasteiger partial charge in [0, 0.05) is 11.6 Å². The van der Waals surface area contributed by atoms with E-state index in [1.54, 1.807) is 42.1 Å². The standard InChI is InChI=1S/C27H25N5O3/c1-15(2)32-25-21(14-28-32)20(13-23(30-25)18-10-6-5-9-16(18)3)27(34)35-17(4)24-29-22-12-8-7-11-19(22)26(33)31-24/h5-15,17H,1-4H3,(H,29,31,33). The Morgan fingerprint density at radius 2 is 1.74 bits per heavy atom. The van der Waals surface area contributed by atoms with Crippen LogP contribution in [0.3, 0.4) is 0 Å². The maximum atomic E-state index is 13.4. The Morgan fingerprint density at radius 1 is 1.00 bits per heavy atom. The van der Waals surface area contributed by atoms with Crippen LogP contribution in [0.25, 0.3) is 33.2 Å². The van der Waals surface area contributed by atoms with Crippen molar-refractivity contribution in [2.24, 2.45) is 0 Å². The van der Waals surface area contributed by atoms with E-state index in [9.17, 15) is 9.59 Å². The van der Waals surface area contributed by atoms with Gasteiger partial charge in [0.1, 0.15) is 0 Å². The highest BCUT2D eigenvalue weighted by Crippen LogP contribution is 2.29. The van der Waals surface area contributed by atoms with Gasteiger partial charge in [0.05, 0.1) is 33.7 Å². The minimum Gasteiger partial charge on any atom is -0.451 e. The molecule has 3 heterocycles. The van der Waals surface area contributed by atoms with E-state index >= 15 is 0 Å². The van der Waals surface area contributed by atoms with E-state index < -0.39 is 12.1 Å². The normalized spacial score (nSPS) is 12.4. The first kappa shape index (κ1) is 22.5. The minimum atomic E-state index is -0.773. The molecule has 2 aromatic carbocycles. The number of nitrogens with zero attached hydrogens (tertiary/aromatic N) is 4. The van der Waals surface area contributed by atoms with Crippen LogP contribution in [-0.2, 0) is 4.74 Å². The van der Waals surface area contributed by atoms with E-state index in [4.69, 9.17) is 9.72 Å². The van der Waals surface area contributed by atoms with Crippen molar-refractivity contribution < 1.29 is 9.53 Å². The quantitative estimate of drug-likeness (QED) is 0.359. The van der Waals surface area contributed by atoms with Crippen LogP contribution < -0.4 is 5.56 Å². The zero-order valence-electron chi connectivity index (χ0n) is 19.9. The number of nitrogens with one attached hydrogen (secondary N) is 1. The maximum Gasteiger partial charge on any atom is 0.339 e. The number of benzene rings is 2. The fourth-order valence-electron chi connectivity index (χ4n) is 4.14. The molecule has 0 aliphatic rings. The van der Waals surface area contributed by atoms with Crippen LogP contribution in [0, 0.1) is 6.92 Å². The number of H-pyrrole nitrogens is 1. The van der Waals surface area contributed by atoms with Crippen LogP contribution in [0.4, 0.5) is 0 Å². The van der Waals surface area contributed by atoms with Gasteiger partial charge in [-0.15, -0.1) is 0 Å². The molecule has 0 amide bonds. The zero-order valence-corrected chi connectivity index (χ0v) is 19.9. The Kier molecular flexibility index (Phi) is 5.64. The van der Waals surface area contributed by atoms with Gasteiger partial charge >= 0.3 is 5.97 Å². The summed E-state index contributed by atoms with van der Waals surface area (Å²) < 4.78 is 7.58. The summed E-state index contributed by atoms with van der Waals surface area (Å²) in [5.74, 6) is -0.261. The zero-order chi connectivity index (χ0) is 24.7. The number of esters is 1. The molecule has 0 saturated carbocycles. The number of aryl methyl sites for hydroxylation is 1. The van der Waals surface area contributed by atoms with Gasteiger partial charge in [0.2, 0.25) is 0 Å². The predicted octanol–water partition coefficient (Wildman–Crippen LogP) is 5.14. The molecule has 1 N–H and O–H groups in total. The van der Waals surface area contributed by atoms with Gasteiger partial charge in [-0.2, -0.15) is 5.10 Å². The summed E-state index contributed by atoms with van der Waals surface area (Å²) in [7, 11) is 0. The molecule has 0 aliphatic heterocycles. The number of hydrogen-bond acceptors (Lipinski definition) is 6. The van der Waals surface area contributed by atoms with E-state index in [1.165, 1.54) is 0 Å². The molecule has 8 nitrogen and oxygen atoms in total. The molecule has 8 heteroatoms. The van der Waals surface area contributed by atoms with Crippen molar-refractivity contribution in [2.45, 2.75) is 39.8 Å². The van der Waals surface area contributed by atoms with E-state index in [0.29, 0.717) is 33.2 Å². The second kappa shape index (κ2) is 8.79. The second-order valence-corrected chi connectivity index (χ2v) is 8.81. The first-order chi connectivity index (χ1) is 16.8. The third-order valence-electron chi connectivity index (χ3n) is 6.00. The number of hydrogen-bond donors (Lipinski definition) is 1. The molecular formula is C27H25N5O3. The number of pyridine rings is 1. The van der Waals surface area contributed by atoms with Gasteiger partial charge < -0.3 is 9.72 Å². The highest BCUT2D eigenvalue weighted by Gasteiger charge is 2.23. The monoisotopic (exact) mass is 467 g/mol. The average Bonchev–Trinajstić information content (AvgIpc) is 3.28. The number of carbonyl (C=O) groups excluding carboxylic acids is 1.